The number of aromatic nitrogens is 2. The van der Waals surface area contributed by atoms with Crippen molar-refractivity contribution in [1.29, 1.82) is 0 Å². The molecule has 0 amide bonds. The Morgan fingerprint density at radius 3 is 2.34 bits per heavy atom. The van der Waals surface area contributed by atoms with E-state index in [9.17, 15) is 0 Å². The summed E-state index contributed by atoms with van der Waals surface area (Å²) in [6.07, 6.45) is 5.81. The van der Waals surface area contributed by atoms with Crippen LogP contribution in [-0.2, 0) is 0 Å². The summed E-state index contributed by atoms with van der Waals surface area (Å²) in [6.45, 7) is 15.3. The summed E-state index contributed by atoms with van der Waals surface area (Å²) >= 11 is 6.55. The van der Waals surface area contributed by atoms with Gasteiger partial charge in [0, 0.05) is 12.1 Å². The first-order valence-electron chi connectivity index (χ1n) is 11.8. The standard InChI is InChI=1S/C27H40ClN3O/c1-9-21(22(10-2)17-31(7)11-3)13-12-18(4)26-19(5)29-20(6)27(30-26)24-15-14-23(32-8)16-25(24)28/h12,14-16,21-22H,9-11,13,17H2,1-8H3/b18-12-/t21?,22-/m1/s1. The van der Waals surface area contributed by atoms with Crippen LogP contribution >= 0.6 is 11.6 Å². The predicted molar refractivity (Wildman–Crippen MR) is 138 cm³/mol. The van der Waals surface area contributed by atoms with E-state index in [0.29, 0.717) is 16.9 Å². The molecule has 1 aromatic heterocycles. The fraction of sp³-hybridized carbons (Fsp3) is 0.556. The third-order valence-electron chi connectivity index (χ3n) is 6.58. The molecule has 1 heterocycles. The minimum absolute atomic E-state index is 0.620. The number of benzene rings is 1. The average Bonchev–Trinajstić information content (AvgIpc) is 2.78. The Balaban J connectivity index is 2.34. The van der Waals surface area contributed by atoms with Gasteiger partial charge >= 0.3 is 0 Å². The first-order chi connectivity index (χ1) is 15.2. The molecule has 1 aromatic carbocycles. The van der Waals surface area contributed by atoms with E-state index in [4.69, 9.17) is 26.3 Å². The van der Waals surface area contributed by atoms with E-state index in [1.54, 1.807) is 7.11 Å². The lowest BCUT2D eigenvalue weighted by atomic mass is 9.84. The van der Waals surface area contributed by atoms with Gasteiger partial charge in [-0.1, -0.05) is 51.3 Å². The van der Waals surface area contributed by atoms with Gasteiger partial charge in [0.1, 0.15) is 5.75 Å². The molecule has 2 aromatic rings. The van der Waals surface area contributed by atoms with Crippen LogP contribution in [0, 0.1) is 25.7 Å². The first-order valence-corrected chi connectivity index (χ1v) is 12.2. The number of aryl methyl sites for hydroxylation is 2. The molecule has 32 heavy (non-hydrogen) atoms. The molecule has 5 heteroatoms. The molecule has 2 rings (SSSR count). The third-order valence-corrected chi connectivity index (χ3v) is 6.89. The largest absolute Gasteiger partial charge is 0.497 e. The number of hydrogen-bond donors (Lipinski definition) is 0. The highest BCUT2D eigenvalue weighted by Gasteiger charge is 2.20. The van der Waals surface area contributed by atoms with E-state index in [1.807, 2.05) is 32.0 Å². The van der Waals surface area contributed by atoms with E-state index in [0.717, 1.165) is 53.6 Å². The molecule has 0 saturated carbocycles. The highest BCUT2D eigenvalue weighted by molar-refractivity contribution is 6.33. The van der Waals surface area contributed by atoms with Crippen LogP contribution in [0.4, 0.5) is 0 Å². The minimum atomic E-state index is 0.620. The van der Waals surface area contributed by atoms with Crippen molar-refractivity contribution in [2.75, 3.05) is 27.2 Å². The topological polar surface area (TPSA) is 38.3 Å². The zero-order valence-corrected chi connectivity index (χ0v) is 21.9. The number of allylic oxidation sites excluding steroid dienone is 2. The zero-order valence-electron chi connectivity index (χ0n) is 21.1. The third kappa shape index (κ3) is 6.55. The van der Waals surface area contributed by atoms with Gasteiger partial charge in [-0.15, -0.1) is 0 Å². The zero-order chi connectivity index (χ0) is 23.8. The fourth-order valence-electron chi connectivity index (χ4n) is 4.33. The maximum atomic E-state index is 6.55. The molecule has 4 nitrogen and oxygen atoms in total. The molecule has 0 radical (unpaired) electrons. The summed E-state index contributed by atoms with van der Waals surface area (Å²) < 4.78 is 5.29. The molecular weight excluding hydrogens is 418 g/mol. The lowest BCUT2D eigenvalue weighted by Crippen LogP contribution is -2.29. The summed E-state index contributed by atoms with van der Waals surface area (Å²) in [4.78, 5) is 12.3. The van der Waals surface area contributed by atoms with Crippen molar-refractivity contribution in [2.45, 2.75) is 60.8 Å². The maximum absolute atomic E-state index is 6.55. The van der Waals surface area contributed by atoms with Crippen LogP contribution in [0.2, 0.25) is 5.02 Å². The van der Waals surface area contributed by atoms with Crippen LogP contribution in [0.25, 0.3) is 16.8 Å². The van der Waals surface area contributed by atoms with E-state index < -0.39 is 0 Å². The molecule has 0 N–H and O–H groups in total. The number of halogens is 1. The predicted octanol–water partition coefficient (Wildman–Crippen LogP) is 7.22. The van der Waals surface area contributed by atoms with Gasteiger partial charge in [-0.25, -0.2) is 4.98 Å². The Kier molecular flexibility index (Phi) is 10.2. The second-order valence-corrected chi connectivity index (χ2v) is 9.16. The van der Waals surface area contributed by atoms with Crippen LogP contribution in [-0.4, -0.2) is 42.1 Å². The maximum Gasteiger partial charge on any atom is 0.120 e. The number of rotatable bonds is 11. The normalized spacial score (nSPS) is 14.0. The van der Waals surface area contributed by atoms with E-state index in [2.05, 4.69) is 45.7 Å². The van der Waals surface area contributed by atoms with Gasteiger partial charge in [-0.2, -0.15) is 0 Å². The van der Waals surface area contributed by atoms with Gasteiger partial charge in [0.15, 0.2) is 0 Å². The Bertz CT molecular complexity index is 925. The highest BCUT2D eigenvalue weighted by atomic mass is 35.5. The lowest BCUT2D eigenvalue weighted by molar-refractivity contribution is 0.216. The molecule has 0 aliphatic carbocycles. The quantitative estimate of drug-likeness (QED) is 0.357. The monoisotopic (exact) mass is 457 g/mol. The van der Waals surface area contributed by atoms with Crippen molar-refractivity contribution in [3.63, 3.8) is 0 Å². The second kappa shape index (κ2) is 12.4. The smallest absolute Gasteiger partial charge is 0.120 e. The molecule has 0 spiro atoms. The molecule has 0 bridgehead atoms. The number of nitrogens with zero attached hydrogens (tertiary/aromatic N) is 3. The summed E-state index contributed by atoms with van der Waals surface area (Å²) in [7, 11) is 3.86. The van der Waals surface area contributed by atoms with Crippen LogP contribution < -0.4 is 4.74 Å². The van der Waals surface area contributed by atoms with Crippen molar-refractivity contribution in [1.82, 2.24) is 14.9 Å². The molecule has 176 valence electrons. The Morgan fingerprint density at radius 2 is 1.78 bits per heavy atom. The molecule has 1 unspecified atom stereocenters. The number of ether oxygens (including phenoxy) is 1. The van der Waals surface area contributed by atoms with Crippen molar-refractivity contribution < 1.29 is 4.74 Å². The van der Waals surface area contributed by atoms with Crippen LogP contribution in [0.3, 0.4) is 0 Å². The van der Waals surface area contributed by atoms with Crippen LogP contribution in [0.1, 0.15) is 64.0 Å². The summed E-state index contributed by atoms with van der Waals surface area (Å²) in [6, 6.07) is 5.69. The molecule has 0 aliphatic heterocycles. The van der Waals surface area contributed by atoms with Crippen molar-refractivity contribution >= 4 is 17.2 Å². The summed E-state index contributed by atoms with van der Waals surface area (Å²) in [5, 5.41) is 0.620. The highest BCUT2D eigenvalue weighted by Crippen LogP contribution is 2.33. The first kappa shape index (κ1) is 26.3. The van der Waals surface area contributed by atoms with Gasteiger partial charge in [0.25, 0.3) is 0 Å². The Hall–Kier alpha value is -1.91. The van der Waals surface area contributed by atoms with E-state index in [-0.39, 0.29) is 0 Å². The molecule has 0 saturated heterocycles. The molecule has 0 aliphatic rings. The van der Waals surface area contributed by atoms with Crippen LogP contribution in [0.15, 0.2) is 24.3 Å². The Labute approximate surface area is 200 Å². The lowest BCUT2D eigenvalue weighted by Gasteiger charge is -2.28. The molecular formula is C27H40ClN3O. The van der Waals surface area contributed by atoms with E-state index in [1.165, 1.54) is 18.4 Å². The van der Waals surface area contributed by atoms with Crippen molar-refractivity contribution in [3.8, 4) is 17.0 Å². The summed E-state index contributed by atoms with van der Waals surface area (Å²) in [5.74, 6) is 2.10. The van der Waals surface area contributed by atoms with Gasteiger partial charge in [0.05, 0.1) is 34.9 Å². The molecule has 0 fully saturated rings. The SMILES string of the molecule is CCC(C/C=C(/C)c1nc(-c2ccc(OC)cc2Cl)c(C)nc1C)[C@H](CC)CN(C)CC. The minimum Gasteiger partial charge on any atom is -0.497 e. The van der Waals surface area contributed by atoms with Gasteiger partial charge in [-0.05, 0) is 76.4 Å². The molecule has 2 atom stereocenters. The number of methoxy groups -OCH3 is 1. The fourth-order valence-corrected chi connectivity index (χ4v) is 4.59. The second-order valence-electron chi connectivity index (χ2n) is 8.75. The van der Waals surface area contributed by atoms with Crippen LogP contribution in [0.5, 0.6) is 5.75 Å². The van der Waals surface area contributed by atoms with Crippen molar-refractivity contribution in [3.05, 3.63) is 46.4 Å². The Morgan fingerprint density at radius 1 is 1.09 bits per heavy atom. The van der Waals surface area contributed by atoms with Gasteiger partial charge in [-0.3, -0.25) is 4.98 Å². The average molecular weight is 458 g/mol. The van der Waals surface area contributed by atoms with Crippen molar-refractivity contribution in [2.24, 2.45) is 11.8 Å². The summed E-state index contributed by atoms with van der Waals surface area (Å²) in [5.41, 5.74) is 5.67. The van der Waals surface area contributed by atoms with Gasteiger partial charge < -0.3 is 9.64 Å². The van der Waals surface area contributed by atoms with Gasteiger partial charge in [0.2, 0.25) is 0 Å². The van der Waals surface area contributed by atoms with E-state index >= 15 is 0 Å². The number of hydrogen-bond acceptors (Lipinski definition) is 4.